The first-order valence-corrected chi connectivity index (χ1v) is 17.4. The van der Waals surface area contributed by atoms with E-state index in [-0.39, 0.29) is 27.6 Å². The molecule has 6 heteroatoms. The third-order valence-corrected chi connectivity index (χ3v) is 11.3. The Balaban J connectivity index is 2.56. The van der Waals surface area contributed by atoms with Crippen LogP contribution in [0.25, 0.3) is 0 Å². The van der Waals surface area contributed by atoms with Crippen LogP contribution in [0.5, 0.6) is 11.5 Å². The highest BCUT2D eigenvalue weighted by Gasteiger charge is 2.45. The van der Waals surface area contributed by atoms with Gasteiger partial charge in [0.25, 0.3) is 0 Å². The highest BCUT2D eigenvalue weighted by Crippen LogP contribution is 2.61. The molecule has 0 aromatic heterocycles. The van der Waals surface area contributed by atoms with Crippen molar-refractivity contribution in [3.05, 3.63) is 57.6 Å². The summed E-state index contributed by atoms with van der Waals surface area (Å²) in [6, 6.07) is 8.97. The molecule has 4 nitrogen and oxygen atoms in total. The van der Waals surface area contributed by atoms with E-state index in [4.69, 9.17) is 13.6 Å². The zero-order valence-corrected chi connectivity index (χ0v) is 30.9. The van der Waals surface area contributed by atoms with Gasteiger partial charge in [0.1, 0.15) is 11.5 Å². The second kappa shape index (κ2) is 11.0. The van der Waals surface area contributed by atoms with Gasteiger partial charge in [-0.1, -0.05) is 128 Å². The van der Waals surface area contributed by atoms with E-state index >= 15 is 4.57 Å². The first kappa shape index (κ1) is 34.3. The lowest BCUT2D eigenvalue weighted by atomic mass is 9.74. The minimum atomic E-state index is -4.13. The van der Waals surface area contributed by atoms with E-state index in [1.165, 1.54) is 11.1 Å². The number of phosphoric acid groups is 1. The summed E-state index contributed by atoms with van der Waals surface area (Å²) in [6.45, 7) is 32.9. The molecule has 0 N–H and O–H groups in total. The van der Waals surface area contributed by atoms with Crippen molar-refractivity contribution in [1.82, 2.24) is 0 Å². The Kier molecular flexibility index (Phi) is 9.22. The van der Waals surface area contributed by atoms with Crippen LogP contribution >= 0.6 is 7.82 Å². The molecular weight excluding hydrogens is 542 g/mol. The first-order valence-electron chi connectivity index (χ1n) is 15.3. The lowest BCUT2D eigenvalue weighted by Crippen LogP contribution is -2.33. The molecule has 0 spiro atoms. The molecule has 0 bridgehead atoms. The van der Waals surface area contributed by atoms with Crippen LogP contribution < -0.4 is 9.05 Å². The van der Waals surface area contributed by atoms with Crippen molar-refractivity contribution >= 4 is 24.1 Å². The monoisotopic (exact) mass is 597 g/mol. The van der Waals surface area contributed by atoms with Gasteiger partial charge in [-0.25, -0.2) is 4.57 Å². The predicted octanol–water partition coefficient (Wildman–Crippen LogP) is 10.3. The molecule has 1 aliphatic heterocycles. The van der Waals surface area contributed by atoms with Gasteiger partial charge in [0, 0.05) is 32.6 Å². The fraction of sp³-hybridized carbons (Fsp3) is 0.657. The lowest BCUT2D eigenvalue weighted by molar-refractivity contribution is 0.100. The van der Waals surface area contributed by atoms with Crippen LogP contribution in [0, 0.1) is 0 Å². The fourth-order valence-electron chi connectivity index (χ4n) is 5.19. The van der Waals surface area contributed by atoms with E-state index in [1.54, 1.807) is 16.3 Å². The molecule has 1 aliphatic rings. The fourth-order valence-corrected chi connectivity index (χ4v) is 7.37. The zero-order valence-electron chi connectivity index (χ0n) is 28.6. The molecule has 227 valence electrons. The van der Waals surface area contributed by atoms with Crippen LogP contribution in [-0.2, 0) is 30.7 Å². The number of hydrogen-bond acceptors (Lipinski definition) is 4. The van der Waals surface area contributed by atoms with Crippen molar-refractivity contribution in [3.63, 3.8) is 0 Å². The van der Waals surface area contributed by atoms with Crippen LogP contribution in [0.1, 0.15) is 156 Å². The third-order valence-electron chi connectivity index (χ3n) is 8.52. The molecule has 3 rings (SSSR count). The van der Waals surface area contributed by atoms with Gasteiger partial charge >= 0.3 is 7.82 Å². The average Bonchev–Trinajstić information content (AvgIpc) is 2.79. The van der Waals surface area contributed by atoms with Gasteiger partial charge in [0.2, 0.25) is 16.3 Å². The Bertz CT molecular complexity index is 1240. The normalized spacial score (nSPS) is 20.3. The van der Waals surface area contributed by atoms with Crippen molar-refractivity contribution in [3.8, 4) is 11.5 Å². The molecule has 2 aromatic carbocycles. The van der Waals surface area contributed by atoms with E-state index in [9.17, 15) is 0 Å². The molecule has 0 atom stereocenters. The summed E-state index contributed by atoms with van der Waals surface area (Å²) >= 11 is 1.73. The van der Waals surface area contributed by atoms with Gasteiger partial charge in [-0.15, -0.1) is 0 Å². The van der Waals surface area contributed by atoms with Crippen molar-refractivity contribution in [2.75, 3.05) is 0 Å². The van der Waals surface area contributed by atoms with E-state index in [0.717, 1.165) is 22.3 Å². The molecule has 1 radical (unpaired) electrons. The lowest BCUT2D eigenvalue weighted by Gasteiger charge is -2.39. The van der Waals surface area contributed by atoms with Crippen LogP contribution in [0.4, 0.5) is 0 Å². The maximum atomic E-state index is 15.0. The predicted molar refractivity (Wildman–Crippen MR) is 176 cm³/mol. The number of hydrogen-bond donors (Lipinski definition) is 0. The summed E-state index contributed by atoms with van der Waals surface area (Å²) in [6.07, 6.45) is 1.39. The molecule has 0 saturated heterocycles. The smallest absolute Gasteiger partial charge is 0.394 e. The zero-order chi connectivity index (χ0) is 31.6. The van der Waals surface area contributed by atoms with E-state index in [2.05, 4.69) is 128 Å². The molecule has 0 amide bonds. The number of phosphoric ester groups is 1. The number of benzene rings is 2. The van der Waals surface area contributed by atoms with Gasteiger partial charge < -0.3 is 9.05 Å². The Morgan fingerprint density at radius 1 is 0.683 bits per heavy atom. The van der Waals surface area contributed by atoms with E-state index in [1.807, 2.05) is 0 Å². The molecule has 1 heterocycles. The minimum absolute atomic E-state index is 0.0637. The Morgan fingerprint density at radius 3 is 1.29 bits per heavy atom. The van der Waals surface area contributed by atoms with Gasteiger partial charge in [0.05, 0.1) is 0 Å². The molecule has 2 aromatic rings. The second-order valence-corrected chi connectivity index (χ2v) is 18.9. The maximum Gasteiger partial charge on any atom is 0.586 e. The van der Waals surface area contributed by atoms with Crippen molar-refractivity contribution in [2.24, 2.45) is 0 Å². The summed E-state index contributed by atoms with van der Waals surface area (Å²) in [5.74, 6) is 1.19. The third kappa shape index (κ3) is 7.29. The Morgan fingerprint density at radius 2 is 1.02 bits per heavy atom. The van der Waals surface area contributed by atoms with Crippen LogP contribution in [0.3, 0.4) is 0 Å². The number of fused-ring (bicyclic) bond motifs is 2. The topological polar surface area (TPSA) is 44.8 Å². The van der Waals surface area contributed by atoms with Crippen molar-refractivity contribution in [2.45, 2.75) is 149 Å². The summed E-state index contributed by atoms with van der Waals surface area (Å²) in [5, 5.41) is 0. The Hall–Kier alpha value is -1.24. The van der Waals surface area contributed by atoms with Gasteiger partial charge in [-0.05, 0) is 45.6 Å². The molecule has 0 aliphatic carbocycles. The summed E-state index contributed by atoms with van der Waals surface area (Å²) in [7, 11) is -4.13. The first-order chi connectivity index (χ1) is 18.4. The van der Waals surface area contributed by atoms with Crippen LogP contribution in [0.2, 0.25) is 0 Å². The maximum absolute atomic E-state index is 15.0. The minimum Gasteiger partial charge on any atom is -0.394 e. The van der Waals surface area contributed by atoms with Crippen molar-refractivity contribution < 1.29 is 18.1 Å². The standard InChI is InChI=1S/C35H54O4P.Al.H/c1-16-25(17-2)37-40(36)38-30-26(18-23(32(4,5)6)20-28(30)34(10,11)12)22(3)27-19-24(33(7,8)9)21-29(31(27)39-40)35(13,14)15;;/h18-22H,16-17H2,1-15H3;;. The number of rotatable bonds is 4. The largest absolute Gasteiger partial charge is 0.586 e. The summed E-state index contributed by atoms with van der Waals surface area (Å²) < 4.78 is 34.2. The van der Waals surface area contributed by atoms with Crippen molar-refractivity contribution in [1.29, 1.82) is 0 Å². The highest BCUT2D eigenvalue weighted by atomic mass is 31.2. The van der Waals surface area contributed by atoms with E-state index in [0.29, 0.717) is 24.3 Å². The van der Waals surface area contributed by atoms with Gasteiger partial charge in [0.15, 0.2) is 0 Å². The molecule has 0 unspecified atom stereocenters. The Labute approximate surface area is 259 Å². The molecular formula is C35H55AlO4P. The van der Waals surface area contributed by atoms with Crippen LogP contribution in [0.15, 0.2) is 24.3 Å². The highest BCUT2D eigenvalue weighted by molar-refractivity contribution is 7.49. The molecule has 0 fully saturated rings. The molecule has 41 heavy (non-hydrogen) atoms. The average molecular weight is 598 g/mol. The second-order valence-electron chi connectivity index (χ2n) is 16.2. The van der Waals surface area contributed by atoms with E-state index < -0.39 is 12.3 Å². The molecule has 0 saturated carbocycles. The summed E-state index contributed by atoms with van der Waals surface area (Å²) in [5.41, 5.74) is 5.86. The summed E-state index contributed by atoms with van der Waals surface area (Å²) in [4.78, 5) is 0. The van der Waals surface area contributed by atoms with Crippen LogP contribution in [-0.4, -0.2) is 20.8 Å². The van der Waals surface area contributed by atoms with Gasteiger partial charge in [-0.2, -0.15) is 0 Å². The quantitative estimate of drug-likeness (QED) is 0.260. The van der Waals surface area contributed by atoms with Gasteiger partial charge in [-0.3, -0.25) is 4.52 Å². The SMILES string of the molecule is CC[C]([AlH])(CC)OP1(=O)Oc2c(cc(C(C)(C)C)cc2C(C)(C)C)C(C)c2cc(C(C)(C)C)cc(C(C)(C)C)c2O1.